The fourth-order valence-corrected chi connectivity index (χ4v) is 3.85. The fourth-order valence-electron chi connectivity index (χ4n) is 3.85. The highest BCUT2D eigenvalue weighted by Gasteiger charge is 2.12. The first kappa shape index (κ1) is 15.2. The summed E-state index contributed by atoms with van der Waals surface area (Å²) in [6, 6.07) is 29.1. The van der Waals surface area contributed by atoms with Crippen LogP contribution in [0, 0.1) is 0 Å². The largest absolute Gasteiger partial charge is 0.418 e. The van der Waals surface area contributed by atoms with E-state index in [4.69, 9.17) is 4.42 Å². The Balaban J connectivity index is 1.52. The molecule has 0 spiro atoms. The van der Waals surface area contributed by atoms with E-state index in [1.807, 2.05) is 24.3 Å². The summed E-state index contributed by atoms with van der Waals surface area (Å²) in [5.41, 5.74) is 5.76. The third kappa shape index (κ3) is 2.18. The quantitative estimate of drug-likeness (QED) is 0.381. The monoisotopic (exact) mass is 361 g/mol. The van der Waals surface area contributed by atoms with E-state index in [1.54, 1.807) is 6.20 Å². The molecular formula is C24H15N3O. The number of pyridine rings is 1. The number of para-hydroxylation sites is 2. The maximum absolute atomic E-state index is 5.80. The topological polar surface area (TPSA) is 43.9 Å². The van der Waals surface area contributed by atoms with E-state index in [9.17, 15) is 0 Å². The molecule has 0 aliphatic carbocycles. The zero-order chi connectivity index (χ0) is 18.5. The van der Waals surface area contributed by atoms with Crippen molar-refractivity contribution in [3.05, 3.63) is 91.1 Å². The van der Waals surface area contributed by atoms with Crippen molar-refractivity contribution in [2.75, 3.05) is 0 Å². The van der Waals surface area contributed by atoms with Gasteiger partial charge in [0.15, 0.2) is 0 Å². The Morgan fingerprint density at radius 1 is 0.679 bits per heavy atom. The van der Waals surface area contributed by atoms with Crippen LogP contribution in [0.3, 0.4) is 0 Å². The molecule has 0 N–H and O–H groups in total. The van der Waals surface area contributed by atoms with Crippen LogP contribution in [0.4, 0.5) is 0 Å². The molecule has 3 heterocycles. The first-order chi connectivity index (χ1) is 13.9. The Morgan fingerprint density at radius 2 is 1.36 bits per heavy atom. The lowest BCUT2D eigenvalue weighted by Gasteiger charge is -2.08. The van der Waals surface area contributed by atoms with Gasteiger partial charge >= 0.3 is 0 Å². The van der Waals surface area contributed by atoms with E-state index >= 15 is 0 Å². The minimum absolute atomic E-state index is 0.559. The molecule has 6 rings (SSSR count). The Labute approximate surface area is 160 Å². The minimum Gasteiger partial charge on any atom is -0.418 e. The maximum atomic E-state index is 5.80. The minimum atomic E-state index is 0.559. The van der Waals surface area contributed by atoms with Gasteiger partial charge in [-0.2, -0.15) is 0 Å². The number of oxazole rings is 1. The fraction of sp³-hybridized carbons (Fsp3) is 0. The number of hydrogen-bond acceptors (Lipinski definition) is 3. The van der Waals surface area contributed by atoms with E-state index in [0.29, 0.717) is 11.6 Å². The van der Waals surface area contributed by atoms with E-state index in [-0.39, 0.29) is 0 Å². The Bertz CT molecular complexity index is 1370. The van der Waals surface area contributed by atoms with Crippen molar-refractivity contribution < 1.29 is 4.42 Å². The molecule has 3 aromatic heterocycles. The number of nitrogens with zero attached hydrogens (tertiary/aromatic N) is 3. The van der Waals surface area contributed by atoms with Crippen LogP contribution in [0.2, 0.25) is 0 Å². The summed E-state index contributed by atoms with van der Waals surface area (Å²) >= 11 is 0. The number of benzene rings is 3. The van der Waals surface area contributed by atoms with Crippen LogP contribution in [0.1, 0.15) is 0 Å². The molecule has 0 bridgehead atoms. The molecule has 0 saturated heterocycles. The second-order valence-electron chi connectivity index (χ2n) is 6.76. The second kappa shape index (κ2) is 5.79. The van der Waals surface area contributed by atoms with Crippen LogP contribution in [0.5, 0.6) is 0 Å². The molecule has 0 aliphatic rings. The lowest BCUT2D eigenvalue weighted by Crippen LogP contribution is -1.93. The van der Waals surface area contributed by atoms with Gasteiger partial charge in [-0.25, -0.2) is 9.97 Å². The van der Waals surface area contributed by atoms with Crippen molar-refractivity contribution in [2.24, 2.45) is 0 Å². The summed E-state index contributed by atoms with van der Waals surface area (Å²) in [4.78, 5) is 8.76. The van der Waals surface area contributed by atoms with Gasteiger partial charge < -0.3 is 8.98 Å². The predicted molar refractivity (Wildman–Crippen MR) is 112 cm³/mol. The van der Waals surface area contributed by atoms with E-state index in [1.165, 1.54) is 21.8 Å². The molecule has 0 aliphatic heterocycles. The summed E-state index contributed by atoms with van der Waals surface area (Å²) in [6.07, 6.45) is 1.71. The van der Waals surface area contributed by atoms with Crippen molar-refractivity contribution in [3.63, 3.8) is 0 Å². The van der Waals surface area contributed by atoms with E-state index in [0.717, 1.165) is 16.8 Å². The van der Waals surface area contributed by atoms with Crippen LogP contribution < -0.4 is 0 Å². The molecule has 132 valence electrons. The predicted octanol–water partition coefficient (Wildman–Crippen LogP) is 5.99. The number of hydrogen-bond donors (Lipinski definition) is 0. The van der Waals surface area contributed by atoms with Crippen molar-refractivity contribution in [1.29, 1.82) is 0 Å². The second-order valence-corrected chi connectivity index (χ2v) is 6.76. The Morgan fingerprint density at radius 3 is 2.04 bits per heavy atom. The van der Waals surface area contributed by atoms with Gasteiger partial charge in [-0.1, -0.05) is 36.4 Å². The van der Waals surface area contributed by atoms with E-state index in [2.05, 4.69) is 75.2 Å². The third-order valence-electron chi connectivity index (χ3n) is 5.12. The number of aromatic nitrogens is 3. The van der Waals surface area contributed by atoms with Gasteiger partial charge in [0.2, 0.25) is 11.6 Å². The number of rotatable bonds is 2. The summed E-state index contributed by atoms with van der Waals surface area (Å²) in [7, 11) is 0. The normalized spacial score (nSPS) is 11.6. The Hall–Kier alpha value is -3.92. The lowest BCUT2D eigenvalue weighted by atomic mass is 10.2. The van der Waals surface area contributed by atoms with Crippen molar-refractivity contribution in [1.82, 2.24) is 14.5 Å². The van der Waals surface area contributed by atoms with Gasteiger partial charge in [0.1, 0.15) is 5.52 Å². The van der Waals surface area contributed by atoms with Crippen LogP contribution in [0.15, 0.2) is 95.5 Å². The molecule has 0 atom stereocenters. The summed E-state index contributed by atoms with van der Waals surface area (Å²) < 4.78 is 8.09. The lowest BCUT2D eigenvalue weighted by molar-refractivity contribution is 0.608. The van der Waals surface area contributed by atoms with Crippen LogP contribution >= 0.6 is 0 Å². The molecule has 0 fully saturated rings. The standard InChI is InChI=1S/C24H15N3O/c1-3-9-21-18(6-1)19-7-2-4-10-22(19)27(21)17-13-11-16(12-14-17)23-26-20-8-5-15-25-24(20)28-23/h1-15H. The van der Waals surface area contributed by atoms with E-state index < -0.39 is 0 Å². The van der Waals surface area contributed by atoms with Crippen molar-refractivity contribution >= 4 is 33.0 Å². The molecule has 0 amide bonds. The molecule has 28 heavy (non-hydrogen) atoms. The first-order valence-electron chi connectivity index (χ1n) is 9.19. The Kier molecular flexibility index (Phi) is 3.14. The average molecular weight is 361 g/mol. The van der Waals surface area contributed by atoms with Gasteiger partial charge in [-0.3, -0.25) is 0 Å². The molecule has 4 nitrogen and oxygen atoms in total. The maximum Gasteiger partial charge on any atom is 0.247 e. The van der Waals surface area contributed by atoms with Gasteiger partial charge in [-0.15, -0.1) is 0 Å². The van der Waals surface area contributed by atoms with Crippen molar-refractivity contribution in [2.45, 2.75) is 0 Å². The SMILES string of the molecule is c1cnc2oc(-c3ccc(-n4c5ccccc5c5ccccc54)cc3)nc2c1. The third-order valence-corrected chi connectivity index (χ3v) is 5.12. The van der Waals surface area contributed by atoms with Gasteiger partial charge in [0.05, 0.1) is 11.0 Å². The summed E-state index contributed by atoms with van der Waals surface area (Å²) in [5.74, 6) is 0.586. The molecule has 4 heteroatoms. The molecular weight excluding hydrogens is 346 g/mol. The summed E-state index contributed by atoms with van der Waals surface area (Å²) in [5, 5.41) is 2.51. The van der Waals surface area contributed by atoms with Gasteiger partial charge in [0.25, 0.3) is 0 Å². The molecule has 0 unspecified atom stereocenters. The van der Waals surface area contributed by atoms with Crippen LogP contribution in [0.25, 0.3) is 50.2 Å². The molecule has 6 aromatic rings. The highest BCUT2D eigenvalue weighted by atomic mass is 16.4. The molecule has 0 radical (unpaired) electrons. The first-order valence-corrected chi connectivity index (χ1v) is 9.19. The van der Waals surface area contributed by atoms with Gasteiger partial charge in [0, 0.05) is 28.2 Å². The zero-order valence-electron chi connectivity index (χ0n) is 14.9. The smallest absolute Gasteiger partial charge is 0.247 e. The van der Waals surface area contributed by atoms with Crippen LogP contribution in [-0.4, -0.2) is 14.5 Å². The highest BCUT2D eigenvalue weighted by Crippen LogP contribution is 2.32. The molecule has 0 saturated carbocycles. The zero-order valence-corrected chi connectivity index (χ0v) is 14.9. The molecule has 3 aromatic carbocycles. The highest BCUT2D eigenvalue weighted by molar-refractivity contribution is 6.09. The summed E-state index contributed by atoms with van der Waals surface area (Å²) in [6.45, 7) is 0. The van der Waals surface area contributed by atoms with Crippen LogP contribution in [-0.2, 0) is 0 Å². The number of fused-ring (bicyclic) bond motifs is 4. The van der Waals surface area contributed by atoms with Gasteiger partial charge in [-0.05, 0) is 48.5 Å². The average Bonchev–Trinajstić information content (AvgIpc) is 3.33. The van der Waals surface area contributed by atoms with Crippen molar-refractivity contribution in [3.8, 4) is 17.1 Å².